The fourth-order valence-electron chi connectivity index (χ4n) is 7.59. The molecule has 11 rings (SSSR count). The summed E-state index contributed by atoms with van der Waals surface area (Å²) in [6.45, 7) is 0. The van der Waals surface area contributed by atoms with E-state index in [1.165, 1.54) is 0 Å². The molecule has 0 N–H and O–H groups in total. The Balaban J connectivity index is 1.12. The van der Waals surface area contributed by atoms with E-state index in [4.69, 9.17) is 23.8 Å². The van der Waals surface area contributed by atoms with Gasteiger partial charge >= 0.3 is 0 Å². The third-order valence-corrected chi connectivity index (χ3v) is 10.1. The monoisotopic (exact) mass is 665 g/mol. The number of hydrogen-bond acceptors (Lipinski definition) is 5. The fraction of sp³-hybridized carbons (Fsp3) is 0. The molecular weight excluding hydrogens is 639 g/mol. The van der Waals surface area contributed by atoms with Gasteiger partial charge in [-0.25, -0.2) is 15.0 Å². The number of nitrogens with zero attached hydrogens (tertiary/aromatic N) is 3. The summed E-state index contributed by atoms with van der Waals surface area (Å²) in [6, 6.07) is 56.0. The number of para-hydroxylation sites is 2. The Morgan fingerprint density at radius 1 is 0.346 bits per heavy atom. The first kappa shape index (κ1) is 28.7. The molecule has 0 aliphatic rings. The topological polar surface area (TPSA) is 65.0 Å². The highest BCUT2D eigenvalue weighted by Crippen LogP contribution is 2.42. The second-order valence-electron chi connectivity index (χ2n) is 13.2. The third-order valence-electron chi connectivity index (χ3n) is 10.1. The average Bonchev–Trinajstić information content (AvgIpc) is 3.78. The van der Waals surface area contributed by atoms with Crippen LogP contribution in [-0.4, -0.2) is 15.0 Å². The summed E-state index contributed by atoms with van der Waals surface area (Å²) in [7, 11) is 0. The van der Waals surface area contributed by atoms with Crippen LogP contribution in [0.5, 0.6) is 0 Å². The minimum Gasteiger partial charge on any atom is -0.456 e. The van der Waals surface area contributed by atoms with Crippen LogP contribution in [0.1, 0.15) is 0 Å². The molecule has 0 atom stereocenters. The maximum Gasteiger partial charge on any atom is 0.160 e. The second kappa shape index (κ2) is 11.2. The van der Waals surface area contributed by atoms with Crippen LogP contribution in [0, 0.1) is 0 Å². The average molecular weight is 666 g/mol. The van der Waals surface area contributed by atoms with Crippen LogP contribution in [0.3, 0.4) is 0 Å². The molecule has 0 aliphatic carbocycles. The standard InChI is InChI=1S/C47H27N3O2/c1-3-11-28(12-4-1)45-36-23-22-34-37-25-30(20-24-42(37)52-46(34)44(36)35-16-7-9-17-38(35)48-45)39-27-40(50-47(49-39)29-13-5-2-6-14-29)31-19-21-33-32-15-8-10-18-41(32)51-43(33)26-31/h1-27H. The maximum atomic E-state index is 6.74. The molecule has 52 heavy (non-hydrogen) atoms. The number of hydrogen-bond donors (Lipinski definition) is 0. The molecule has 7 aromatic carbocycles. The highest BCUT2D eigenvalue weighted by atomic mass is 16.3. The van der Waals surface area contributed by atoms with E-state index in [9.17, 15) is 0 Å². The van der Waals surface area contributed by atoms with E-state index in [0.717, 1.165) is 105 Å². The third kappa shape index (κ3) is 4.46. The Morgan fingerprint density at radius 2 is 0.962 bits per heavy atom. The first-order chi connectivity index (χ1) is 25.7. The predicted octanol–water partition coefficient (Wildman–Crippen LogP) is 12.6. The quantitative estimate of drug-likeness (QED) is 0.175. The Hall–Kier alpha value is -7.11. The smallest absolute Gasteiger partial charge is 0.160 e. The molecule has 5 nitrogen and oxygen atoms in total. The van der Waals surface area contributed by atoms with Crippen molar-refractivity contribution in [3.63, 3.8) is 0 Å². The largest absolute Gasteiger partial charge is 0.456 e. The summed E-state index contributed by atoms with van der Waals surface area (Å²) in [5, 5.41) is 7.46. The molecule has 0 radical (unpaired) electrons. The Kier molecular flexibility index (Phi) is 6.18. The Morgan fingerprint density at radius 3 is 1.79 bits per heavy atom. The van der Waals surface area contributed by atoms with E-state index in [1.54, 1.807) is 0 Å². The van der Waals surface area contributed by atoms with Crippen molar-refractivity contribution in [2.24, 2.45) is 0 Å². The van der Waals surface area contributed by atoms with Gasteiger partial charge in [0.25, 0.3) is 0 Å². The van der Waals surface area contributed by atoms with Crippen molar-refractivity contribution in [2.75, 3.05) is 0 Å². The van der Waals surface area contributed by atoms with Gasteiger partial charge in [-0.05, 0) is 54.6 Å². The van der Waals surface area contributed by atoms with Gasteiger partial charge in [0, 0.05) is 60.0 Å². The SMILES string of the molecule is c1ccc(-c2nc(-c3ccc4c(c3)oc3ccccc34)cc(-c3ccc4oc5c(ccc6c(-c7ccccc7)nc7ccccc7c65)c4c3)n2)cc1. The van der Waals surface area contributed by atoms with E-state index < -0.39 is 0 Å². The molecule has 0 unspecified atom stereocenters. The van der Waals surface area contributed by atoms with Gasteiger partial charge in [0.05, 0.1) is 22.6 Å². The van der Waals surface area contributed by atoms with Crippen LogP contribution in [-0.2, 0) is 0 Å². The van der Waals surface area contributed by atoms with Crippen molar-refractivity contribution in [1.82, 2.24) is 15.0 Å². The van der Waals surface area contributed by atoms with Gasteiger partial charge in [-0.15, -0.1) is 0 Å². The van der Waals surface area contributed by atoms with Gasteiger partial charge in [0.2, 0.25) is 0 Å². The summed E-state index contributed by atoms with van der Waals surface area (Å²) in [4.78, 5) is 15.3. The van der Waals surface area contributed by atoms with Crippen LogP contribution in [0.25, 0.3) is 111 Å². The van der Waals surface area contributed by atoms with E-state index in [1.807, 2.05) is 60.7 Å². The molecular formula is C47H27N3O2. The zero-order valence-corrected chi connectivity index (χ0v) is 27.7. The summed E-state index contributed by atoms with van der Waals surface area (Å²) in [5.74, 6) is 0.661. The molecule has 0 aliphatic heterocycles. The number of aromatic nitrogens is 3. The number of benzene rings is 7. The number of rotatable bonds is 4. The van der Waals surface area contributed by atoms with Crippen LogP contribution in [0.4, 0.5) is 0 Å². The highest BCUT2D eigenvalue weighted by molar-refractivity contribution is 6.25. The summed E-state index contributed by atoms with van der Waals surface area (Å²) >= 11 is 0. The first-order valence-electron chi connectivity index (χ1n) is 17.3. The lowest BCUT2D eigenvalue weighted by atomic mass is 9.97. The van der Waals surface area contributed by atoms with Crippen molar-refractivity contribution >= 4 is 65.6 Å². The van der Waals surface area contributed by atoms with Gasteiger partial charge in [-0.1, -0.05) is 109 Å². The highest BCUT2D eigenvalue weighted by Gasteiger charge is 2.19. The maximum absolute atomic E-state index is 6.74. The van der Waals surface area contributed by atoms with Crippen molar-refractivity contribution in [3.8, 4) is 45.2 Å². The molecule has 4 aromatic heterocycles. The normalized spacial score (nSPS) is 11.8. The lowest BCUT2D eigenvalue weighted by molar-refractivity contribution is 0.669. The van der Waals surface area contributed by atoms with Crippen molar-refractivity contribution < 1.29 is 8.83 Å². The number of pyridine rings is 1. The molecule has 11 aromatic rings. The number of fused-ring (bicyclic) bond motifs is 10. The first-order valence-corrected chi connectivity index (χ1v) is 17.3. The van der Waals surface area contributed by atoms with E-state index >= 15 is 0 Å². The molecule has 5 heteroatoms. The molecule has 242 valence electrons. The summed E-state index contributed by atoms with van der Waals surface area (Å²) in [5.41, 5.74) is 10.9. The molecule has 0 bridgehead atoms. The van der Waals surface area contributed by atoms with Gasteiger partial charge in [0.15, 0.2) is 5.82 Å². The molecule has 0 saturated carbocycles. The van der Waals surface area contributed by atoms with E-state index in [-0.39, 0.29) is 0 Å². The van der Waals surface area contributed by atoms with Crippen LogP contribution in [0.2, 0.25) is 0 Å². The summed E-state index contributed by atoms with van der Waals surface area (Å²) in [6.07, 6.45) is 0. The van der Waals surface area contributed by atoms with Crippen molar-refractivity contribution in [3.05, 3.63) is 164 Å². The fourth-order valence-corrected chi connectivity index (χ4v) is 7.59. The van der Waals surface area contributed by atoms with Gasteiger partial charge < -0.3 is 8.83 Å². The van der Waals surface area contributed by atoms with Crippen molar-refractivity contribution in [1.29, 1.82) is 0 Å². The van der Waals surface area contributed by atoms with E-state index in [2.05, 4.69) is 103 Å². The second-order valence-corrected chi connectivity index (χ2v) is 13.2. The molecule has 4 heterocycles. The van der Waals surface area contributed by atoms with Gasteiger partial charge in [-0.2, -0.15) is 0 Å². The molecule has 0 saturated heterocycles. The minimum absolute atomic E-state index is 0.661. The molecule has 0 fully saturated rings. The molecule has 0 spiro atoms. The van der Waals surface area contributed by atoms with E-state index in [0.29, 0.717) is 5.82 Å². The number of furan rings is 2. The van der Waals surface area contributed by atoms with Gasteiger partial charge in [0.1, 0.15) is 22.3 Å². The summed E-state index contributed by atoms with van der Waals surface area (Å²) < 4.78 is 13.0. The predicted molar refractivity (Wildman–Crippen MR) is 211 cm³/mol. The minimum atomic E-state index is 0.661. The van der Waals surface area contributed by atoms with Crippen LogP contribution >= 0.6 is 0 Å². The zero-order valence-electron chi connectivity index (χ0n) is 27.7. The lowest BCUT2D eigenvalue weighted by Gasteiger charge is -2.10. The molecule has 0 amide bonds. The lowest BCUT2D eigenvalue weighted by Crippen LogP contribution is -1.95. The Bertz CT molecular complexity index is 3180. The zero-order chi connectivity index (χ0) is 34.2. The van der Waals surface area contributed by atoms with Crippen LogP contribution < -0.4 is 0 Å². The van der Waals surface area contributed by atoms with Crippen molar-refractivity contribution in [2.45, 2.75) is 0 Å². The van der Waals surface area contributed by atoms with Gasteiger partial charge in [-0.3, -0.25) is 0 Å². The Labute approximate surface area is 297 Å². The van der Waals surface area contributed by atoms with Crippen LogP contribution in [0.15, 0.2) is 173 Å².